The maximum atomic E-state index is 12.2. The van der Waals surface area contributed by atoms with E-state index in [2.05, 4.69) is 0 Å². The van der Waals surface area contributed by atoms with Crippen LogP contribution in [0.4, 0.5) is 4.79 Å². The summed E-state index contributed by atoms with van der Waals surface area (Å²) in [5.41, 5.74) is 0. The van der Waals surface area contributed by atoms with Gasteiger partial charge in [-0.05, 0) is 32.1 Å². The molecule has 0 aromatic heterocycles. The van der Waals surface area contributed by atoms with Crippen molar-refractivity contribution in [1.82, 2.24) is 9.80 Å². The van der Waals surface area contributed by atoms with Gasteiger partial charge in [0.25, 0.3) is 0 Å². The van der Waals surface area contributed by atoms with Gasteiger partial charge in [-0.2, -0.15) is 0 Å². The van der Waals surface area contributed by atoms with Gasteiger partial charge in [0.1, 0.15) is 0 Å². The minimum Gasteiger partial charge on any atom is -0.381 e. The molecule has 2 fully saturated rings. The van der Waals surface area contributed by atoms with E-state index in [1.807, 2.05) is 9.80 Å². The number of nitrogens with zero attached hydrogens (tertiary/aromatic N) is 2. The van der Waals surface area contributed by atoms with Crippen LogP contribution >= 0.6 is 0 Å². The summed E-state index contributed by atoms with van der Waals surface area (Å²) in [7, 11) is 1.76. The Kier molecular flexibility index (Phi) is 4.04. The van der Waals surface area contributed by atoms with E-state index in [9.17, 15) is 4.79 Å². The highest BCUT2D eigenvalue weighted by Gasteiger charge is 2.26. The molecule has 0 spiro atoms. The largest absolute Gasteiger partial charge is 0.381 e. The van der Waals surface area contributed by atoms with Crippen molar-refractivity contribution in [2.45, 2.75) is 38.2 Å². The molecule has 0 aromatic rings. The Balaban J connectivity index is 1.81. The molecule has 0 radical (unpaired) electrons. The number of hydrogen-bond acceptors (Lipinski definition) is 2. The van der Waals surface area contributed by atoms with Gasteiger partial charge in [0.2, 0.25) is 0 Å². The highest BCUT2D eigenvalue weighted by atomic mass is 16.5. The minimum absolute atomic E-state index is 0.245. The summed E-state index contributed by atoms with van der Waals surface area (Å²) < 4.78 is 5.31. The monoisotopic (exact) mass is 226 g/mol. The zero-order valence-corrected chi connectivity index (χ0v) is 10.2. The molecular formula is C12H22N2O2. The van der Waals surface area contributed by atoms with Crippen molar-refractivity contribution in [2.24, 2.45) is 0 Å². The molecule has 0 N–H and O–H groups in total. The number of likely N-dealkylation sites (tertiary alicyclic amines) is 2. The van der Waals surface area contributed by atoms with Crippen molar-refractivity contribution in [3.8, 4) is 0 Å². The average molecular weight is 226 g/mol. The van der Waals surface area contributed by atoms with Crippen LogP contribution in [-0.4, -0.2) is 55.2 Å². The molecule has 2 aliphatic heterocycles. The molecule has 0 atom stereocenters. The van der Waals surface area contributed by atoms with Gasteiger partial charge in [0.15, 0.2) is 0 Å². The van der Waals surface area contributed by atoms with Crippen LogP contribution in [0.1, 0.15) is 32.1 Å². The summed E-state index contributed by atoms with van der Waals surface area (Å²) in [4.78, 5) is 16.2. The van der Waals surface area contributed by atoms with Crippen molar-refractivity contribution in [3.05, 3.63) is 0 Å². The van der Waals surface area contributed by atoms with Crippen LogP contribution in [0.2, 0.25) is 0 Å². The summed E-state index contributed by atoms with van der Waals surface area (Å²) in [6.07, 6.45) is 5.92. The summed E-state index contributed by atoms with van der Waals surface area (Å²) in [6.45, 7) is 3.60. The Morgan fingerprint density at radius 3 is 2.12 bits per heavy atom. The zero-order valence-electron chi connectivity index (χ0n) is 10.2. The topological polar surface area (TPSA) is 32.8 Å². The molecule has 4 nitrogen and oxygen atoms in total. The van der Waals surface area contributed by atoms with Gasteiger partial charge in [-0.3, -0.25) is 0 Å². The van der Waals surface area contributed by atoms with Gasteiger partial charge in [0.05, 0.1) is 6.10 Å². The smallest absolute Gasteiger partial charge is 0.320 e. The Bertz CT molecular complexity index is 231. The summed E-state index contributed by atoms with van der Waals surface area (Å²) in [6, 6.07) is 0.245. The van der Waals surface area contributed by atoms with Gasteiger partial charge >= 0.3 is 6.03 Å². The Morgan fingerprint density at radius 2 is 1.56 bits per heavy atom. The molecule has 4 heteroatoms. The molecule has 2 saturated heterocycles. The Labute approximate surface area is 97.5 Å². The van der Waals surface area contributed by atoms with E-state index in [1.54, 1.807) is 7.11 Å². The van der Waals surface area contributed by atoms with Crippen molar-refractivity contribution in [3.63, 3.8) is 0 Å². The van der Waals surface area contributed by atoms with Crippen LogP contribution in [0.15, 0.2) is 0 Å². The molecule has 92 valence electrons. The summed E-state index contributed by atoms with van der Waals surface area (Å²) >= 11 is 0. The third-order valence-electron chi connectivity index (χ3n) is 3.67. The van der Waals surface area contributed by atoms with Gasteiger partial charge < -0.3 is 14.5 Å². The maximum absolute atomic E-state index is 12.2. The first-order chi connectivity index (χ1) is 7.81. The minimum atomic E-state index is 0.245. The second-order valence-corrected chi connectivity index (χ2v) is 4.75. The van der Waals surface area contributed by atoms with E-state index >= 15 is 0 Å². The molecule has 0 aliphatic carbocycles. The third-order valence-corrected chi connectivity index (χ3v) is 3.67. The first kappa shape index (κ1) is 11.7. The van der Waals surface area contributed by atoms with Crippen LogP contribution < -0.4 is 0 Å². The number of carbonyl (C=O) groups excluding carboxylic acids is 1. The number of carbonyl (C=O) groups is 1. The SMILES string of the molecule is COC1CCN(C(=O)N2CCCCC2)CC1. The first-order valence-electron chi connectivity index (χ1n) is 6.38. The van der Waals surface area contributed by atoms with Crippen LogP contribution in [0.5, 0.6) is 0 Å². The normalized spacial score (nSPS) is 23.6. The number of urea groups is 1. The van der Waals surface area contributed by atoms with Crippen LogP contribution in [0, 0.1) is 0 Å². The number of piperidine rings is 2. The quantitative estimate of drug-likeness (QED) is 0.682. The number of amides is 2. The van der Waals surface area contributed by atoms with Gasteiger partial charge in [-0.15, -0.1) is 0 Å². The van der Waals surface area contributed by atoms with Gasteiger partial charge in [0, 0.05) is 33.3 Å². The predicted octanol–water partition coefficient (Wildman–Crippen LogP) is 1.70. The fourth-order valence-corrected chi connectivity index (χ4v) is 2.57. The molecule has 2 heterocycles. The van der Waals surface area contributed by atoms with Crippen molar-refractivity contribution in [2.75, 3.05) is 33.3 Å². The molecular weight excluding hydrogens is 204 g/mol. The summed E-state index contributed by atoms with van der Waals surface area (Å²) in [5, 5.41) is 0. The average Bonchev–Trinajstić information content (AvgIpc) is 2.39. The predicted molar refractivity (Wildman–Crippen MR) is 62.4 cm³/mol. The number of rotatable bonds is 1. The highest BCUT2D eigenvalue weighted by molar-refractivity contribution is 5.74. The fraction of sp³-hybridized carbons (Fsp3) is 0.917. The number of hydrogen-bond donors (Lipinski definition) is 0. The number of ether oxygens (including phenoxy) is 1. The molecule has 0 unspecified atom stereocenters. The zero-order chi connectivity index (χ0) is 11.4. The lowest BCUT2D eigenvalue weighted by molar-refractivity contribution is 0.0435. The van der Waals surface area contributed by atoms with Gasteiger partial charge in [-0.25, -0.2) is 4.79 Å². The molecule has 2 aliphatic rings. The van der Waals surface area contributed by atoms with E-state index in [4.69, 9.17) is 4.74 Å². The van der Waals surface area contributed by atoms with Crippen LogP contribution in [-0.2, 0) is 4.74 Å². The Morgan fingerprint density at radius 1 is 1.00 bits per heavy atom. The standard InChI is InChI=1S/C12H22N2O2/c1-16-11-5-9-14(10-6-11)12(15)13-7-3-2-4-8-13/h11H,2-10H2,1H3. The van der Waals surface area contributed by atoms with E-state index < -0.39 is 0 Å². The van der Waals surface area contributed by atoms with Crippen molar-refractivity contribution < 1.29 is 9.53 Å². The number of methoxy groups -OCH3 is 1. The molecule has 2 amide bonds. The second kappa shape index (κ2) is 5.53. The van der Waals surface area contributed by atoms with Gasteiger partial charge in [-0.1, -0.05) is 0 Å². The van der Waals surface area contributed by atoms with Crippen molar-refractivity contribution >= 4 is 6.03 Å². The lowest BCUT2D eigenvalue weighted by Gasteiger charge is -2.36. The lowest BCUT2D eigenvalue weighted by Crippen LogP contribution is -2.49. The van der Waals surface area contributed by atoms with Crippen LogP contribution in [0.25, 0.3) is 0 Å². The molecule has 0 saturated carbocycles. The first-order valence-corrected chi connectivity index (χ1v) is 6.38. The molecule has 0 aromatic carbocycles. The third kappa shape index (κ3) is 2.67. The maximum Gasteiger partial charge on any atom is 0.320 e. The molecule has 2 rings (SSSR count). The second-order valence-electron chi connectivity index (χ2n) is 4.75. The van der Waals surface area contributed by atoms with E-state index in [0.29, 0.717) is 6.10 Å². The summed E-state index contributed by atoms with van der Waals surface area (Å²) in [5.74, 6) is 0. The van der Waals surface area contributed by atoms with E-state index in [0.717, 1.165) is 39.0 Å². The fourth-order valence-electron chi connectivity index (χ4n) is 2.57. The van der Waals surface area contributed by atoms with E-state index in [-0.39, 0.29) is 6.03 Å². The molecule has 16 heavy (non-hydrogen) atoms. The van der Waals surface area contributed by atoms with Crippen LogP contribution in [0.3, 0.4) is 0 Å². The van der Waals surface area contributed by atoms with Crippen molar-refractivity contribution in [1.29, 1.82) is 0 Å². The lowest BCUT2D eigenvalue weighted by atomic mass is 10.1. The Hall–Kier alpha value is -0.770. The highest BCUT2D eigenvalue weighted by Crippen LogP contribution is 2.17. The molecule has 0 bridgehead atoms. The van der Waals surface area contributed by atoms with E-state index in [1.165, 1.54) is 19.3 Å².